The van der Waals surface area contributed by atoms with Gasteiger partial charge in [0.25, 0.3) is 5.91 Å². The van der Waals surface area contributed by atoms with E-state index in [0.29, 0.717) is 21.7 Å². The summed E-state index contributed by atoms with van der Waals surface area (Å²) in [5.41, 5.74) is 1.35. The van der Waals surface area contributed by atoms with Crippen LogP contribution in [0.1, 0.15) is 25.6 Å². The van der Waals surface area contributed by atoms with E-state index in [9.17, 15) is 23.9 Å². The van der Waals surface area contributed by atoms with Gasteiger partial charge in [-0.25, -0.2) is 14.0 Å². The van der Waals surface area contributed by atoms with Crippen molar-refractivity contribution in [3.05, 3.63) is 70.4 Å². The second-order valence-corrected chi connectivity index (χ2v) is 7.24. The van der Waals surface area contributed by atoms with Crippen LogP contribution in [0.3, 0.4) is 0 Å². The van der Waals surface area contributed by atoms with Gasteiger partial charge in [-0.05, 0) is 36.8 Å². The predicted octanol–water partition coefficient (Wildman–Crippen LogP) is 4.28. The summed E-state index contributed by atoms with van der Waals surface area (Å²) in [6.07, 6.45) is 0. The molecule has 0 fully saturated rings. The van der Waals surface area contributed by atoms with Gasteiger partial charge < -0.3 is 20.3 Å². The molecule has 0 aliphatic heterocycles. The SMILES string of the molecule is Cc1c(-c2cccc(NC(=O)c3ccccc3F)c2)sc(C(=O)O)c1OCC(=O)O. The Morgan fingerprint density at radius 2 is 1.83 bits per heavy atom. The Balaban J connectivity index is 1.93. The summed E-state index contributed by atoms with van der Waals surface area (Å²) in [6, 6.07) is 12.2. The van der Waals surface area contributed by atoms with Crippen LogP contribution in [0.4, 0.5) is 10.1 Å². The van der Waals surface area contributed by atoms with Crippen molar-refractivity contribution in [2.45, 2.75) is 6.92 Å². The number of rotatable bonds is 7. The number of carbonyl (C=O) groups excluding carboxylic acids is 1. The molecule has 1 heterocycles. The number of carbonyl (C=O) groups is 3. The number of hydrogen-bond acceptors (Lipinski definition) is 5. The maximum atomic E-state index is 13.8. The number of anilines is 1. The number of halogens is 1. The number of carboxylic acids is 2. The van der Waals surface area contributed by atoms with Gasteiger partial charge in [0.2, 0.25) is 0 Å². The number of amides is 1. The lowest BCUT2D eigenvalue weighted by Gasteiger charge is -2.08. The highest BCUT2D eigenvalue weighted by molar-refractivity contribution is 7.18. The van der Waals surface area contributed by atoms with Crippen LogP contribution in [0.2, 0.25) is 0 Å². The van der Waals surface area contributed by atoms with Gasteiger partial charge in [0, 0.05) is 16.1 Å². The van der Waals surface area contributed by atoms with Crippen molar-refractivity contribution >= 4 is 34.9 Å². The van der Waals surface area contributed by atoms with Gasteiger partial charge in [-0.15, -0.1) is 11.3 Å². The lowest BCUT2D eigenvalue weighted by Crippen LogP contribution is -2.13. The van der Waals surface area contributed by atoms with Crippen LogP contribution in [0.5, 0.6) is 5.75 Å². The fraction of sp³-hybridized carbons (Fsp3) is 0.0952. The smallest absolute Gasteiger partial charge is 0.349 e. The maximum Gasteiger partial charge on any atom is 0.349 e. The van der Waals surface area contributed by atoms with E-state index in [4.69, 9.17) is 9.84 Å². The zero-order chi connectivity index (χ0) is 21.8. The maximum absolute atomic E-state index is 13.8. The predicted molar refractivity (Wildman–Crippen MR) is 109 cm³/mol. The molecule has 3 N–H and O–H groups in total. The molecular weight excluding hydrogens is 413 g/mol. The highest BCUT2D eigenvalue weighted by atomic mass is 32.1. The minimum Gasteiger partial charge on any atom is -0.480 e. The number of hydrogen-bond donors (Lipinski definition) is 3. The number of carboxylic acid groups (broad SMARTS) is 2. The van der Waals surface area contributed by atoms with Crippen LogP contribution in [0.25, 0.3) is 10.4 Å². The van der Waals surface area contributed by atoms with Crippen molar-refractivity contribution in [1.29, 1.82) is 0 Å². The Labute approximate surface area is 174 Å². The summed E-state index contributed by atoms with van der Waals surface area (Å²) in [7, 11) is 0. The normalized spacial score (nSPS) is 10.5. The molecule has 7 nitrogen and oxygen atoms in total. The van der Waals surface area contributed by atoms with Crippen molar-refractivity contribution in [1.82, 2.24) is 0 Å². The first-order valence-corrected chi connectivity index (χ1v) is 9.47. The van der Waals surface area contributed by atoms with Gasteiger partial charge in [0.1, 0.15) is 11.6 Å². The Morgan fingerprint density at radius 1 is 1.10 bits per heavy atom. The third-order valence-corrected chi connectivity index (χ3v) is 5.44. The van der Waals surface area contributed by atoms with E-state index in [2.05, 4.69) is 5.32 Å². The summed E-state index contributed by atoms with van der Waals surface area (Å²) < 4.78 is 19.0. The molecular formula is C21H16FNO6S. The number of aliphatic carboxylic acids is 1. The summed E-state index contributed by atoms with van der Waals surface area (Å²) >= 11 is 0.935. The molecule has 1 aromatic heterocycles. The van der Waals surface area contributed by atoms with Gasteiger partial charge in [-0.3, -0.25) is 4.79 Å². The molecule has 30 heavy (non-hydrogen) atoms. The van der Waals surface area contributed by atoms with E-state index >= 15 is 0 Å². The Hall–Kier alpha value is -3.72. The average Bonchev–Trinajstić information content (AvgIpc) is 3.03. The highest BCUT2D eigenvalue weighted by Crippen LogP contribution is 2.42. The molecule has 0 aliphatic carbocycles. The third-order valence-electron chi connectivity index (χ3n) is 4.13. The number of ether oxygens (including phenoxy) is 1. The summed E-state index contributed by atoms with van der Waals surface area (Å²) in [5.74, 6) is -3.74. The largest absolute Gasteiger partial charge is 0.480 e. The molecule has 3 rings (SSSR count). The van der Waals surface area contributed by atoms with Gasteiger partial charge in [-0.2, -0.15) is 0 Å². The Kier molecular flexibility index (Phi) is 6.12. The van der Waals surface area contributed by atoms with Gasteiger partial charge in [-0.1, -0.05) is 24.3 Å². The van der Waals surface area contributed by atoms with E-state index in [-0.39, 0.29) is 16.2 Å². The molecule has 0 saturated heterocycles. The first kappa shape index (κ1) is 21.0. The fourth-order valence-corrected chi connectivity index (χ4v) is 3.89. The molecule has 3 aromatic rings. The molecule has 1 amide bonds. The van der Waals surface area contributed by atoms with E-state index in [0.717, 1.165) is 11.3 Å². The van der Waals surface area contributed by atoms with Gasteiger partial charge in [0.05, 0.1) is 5.56 Å². The minimum absolute atomic E-state index is 0.00862. The molecule has 0 unspecified atom stereocenters. The summed E-state index contributed by atoms with van der Waals surface area (Å²) in [5, 5.41) is 20.9. The van der Waals surface area contributed by atoms with Crippen LogP contribution in [0, 0.1) is 12.7 Å². The second kappa shape index (κ2) is 8.75. The standard InChI is InChI=1S/C21H16FNO6S/c1-11-17(29-10-16(24)25)19(21(27)28)30-18(11)12-5-4-6-13(9-12)23-20(26)14-7-2-3-8-15(14)22/h2-9H,10H2,1H3,(H,23,26)(H,24,25)(H,27,28). The number of aromatic carboxylic acids is 1. The monoisotopic (exact) mass is 429 g/mol. The van der Waals surface area contributed by atoms with Crippen molar-refractivity contribution < 1.29 is 33.7 Å². The zero-order valence-corrected chi connectivity index (χ0v) is 16.5. The molecule has 0 bridgehead atoms. The number of benzene rings is 2. The van der Waals surface area contributed by atoms with E-state index in [1.165, 1.54) is 18.2 Å². The van der Waals surface area contributed by atoms with Crippen molar-refractivity contribution in [3.8, 4) is 16.2 Å². The number of thiophene rings is 1. The zero-order valence-electron chi connectivity index (χ0n) is 15.6. The molecule has 0 saturated carbocycles. The quantitative estimate of drug-likeness (QED) is 0.517. The van der Waals surface area contributed by atoms with E-state index in [1.807, 2.05) is 0 Å². The molecule has 0 aliphatic rings. The first-order valence-electron chi connectivity index (χ1n) is 8.65. The fourth-order valence-electron chi connectivity index (χ4n) is 2.80. The molecule has 9 heteroatoms. The van der Waals surface area contributed by atoms with E-state index in [1.54, 1.807) is 37.3 Å². The Morgan fingerprint density at radius 3 is 2.50 bits per heavy atom. The van der Waals surface area contributed by atoms with Crippen LogP contribution < -0.4 is 10.1 Å². The molecule has 0 radical (unpaired) electrons. The van der Waals surface area contributed by atoms with Crippen molar-refractivity contribution in [3.63, 3.8) is 0 Å². The van der Waals surface area contributed by atoms with Crippen LogP contribution in [-0.4, -0.2) is 34.7 Å². The topological polar surface area (TPSA) is 113 Å². The van der Waals surface area contributed by atoms with Crippen molar-refractivity contribution in [2.24, 2.45) is 0 Å². The van der Waals surface area contributed by atoms with Gasteiger partial charge in [0.15, 0.2) is 11.5 Å². The van der Waals surface area contributed by atoms with Crippen molar-refractivity contribution in [2.75, 3.05) is 11.9 Å². The minimum atomic E-state index is -1.24. The van der Waals surface area contributed by atoms with E-state index < -0.39 is 30.3 Å². The number of nitrogens with one attached hydrogen (secondary N) is 1. The third kappa shape index (κ3) is 4.47. The van der Waals surface area contributed by atoms with Crippen LogP contribution in [0.15, 0.2) is 48.5 Å². The van der Waals surface area contributed by atoms with Gasteiger partial charge >= 0.3 is 11.9 Å². The first-order chi connectivity index (χ1) is 14.3. The second-order valence-electron chi connectivity index (χ2n) is 6.22. The van der Waals surface area contributed by atoms with Crippen LogP contribution in [-0.2, 0) is 4.79 Å². The molecule has 154 valence electrons. The molecule has 2 aromatic carbocycles. The highest BCUT2D eigenvalue weighted by Gasteiger charge is 2.23. The average molecular weight is 429 g/mol. The summed E-state index contributed by atoms with van der Waals surface area (Å²) in [6.45, 7) is 0.954. The summed E-state index contributed by atoms with van der Waals surface area (Å²) in [4.78, 5) is 35.1. The lowest BCUT2D eigenvalue weighted by molar-refractivity contribution is -0.139. The lowest BCUT2D eigenvalue weighted by atomic mass is 10.1. The molecule has 0 spiro atoms. The Bertz CT molecular complexity index is 1140. The molecule has 0 atom stereocenters. The van der Waals surface area contributed by atoms with Crippen LogP contribution >= 0.6 is 11.3 Å².